The summed E-state index contributed by atoms with van der Waals surface area (Å²) in [5.74, 6) is 0. The zero-order valence-corrected chi connectivity index (χ0v) is 12.8. The normalized spacial score (nSPS) is 10.7. The Labute approximate surface area is 107 Å². The average molecular weight is 280 g/mol. The van der Waals surface area contributed by atoms with Crippen LogP contribution in [0.2, 0.25) is 0 Å². The van der Waals surface area contributed by atoms with Crippen LogP contribution in [0.3, 0.4) is 0 Å². The van der Waals surface area contributed by atoms with Gasteiger partial charge in [-0.05, 0) is 4.75 Å². The molecule has 0 aromatic heterocycles. The predicted octanol–water partition coefficient (Wildman–Crippen LogP) is 3.45. The zero-order chi connectivity index (χ0) is 10.4. The second kappa shape index (κ2) is 8.23. The number of hydrogen-bond donors (Lipinski definition) is 0. The molecule has 0 aliphatic rings. The average Bonchev–Trinajstić information content (AvgIpc) is 1.86. The Morgan fingerprint density at radius 1 is 1.08 bits per heavy atom. The summed E-state index contributed by atoms with van der Waals surface area (Å²) in [4.78, 5) is 9.70. The van der Waals surface area contributed by atoms with E-state index in [1.54, 1.807) is 11.8 Å². The minimum Gasteiger partial charge on any atom is -0.541 e. The van der Waals surface area contributed by atoms with Crippen LogP contribution < -0.4 is 0 Å². The molecule has 0 heterocycles. The van der Waals surface area contributed by atoms with Gasteiger partial charge in [0, 0.05) is 0 Å². The molecular formula is C10H20OSZr. The van der Waals surface area contributed by atoms with Crippen molar-refractivity contribution in [1.29, 1.82) is 0 Å². The van der Waals surface area contributed by atoms with E-state index in [4.69, 9.17) is 0 Å². The van der Waals surface area contributed by atoms with E-state index in [0.717, 1.165) is 0 Å². The molecule has 0 saturated carbocycles. The number of rotatable bonds is 0. The smallest absolute Gasteiger partial charge is 0.541 e. The first kappa shape index (κ1) is 19.5. The fourth-order valence-electron chi connectivity index (χ4n) is 0. The van der Waals surface area contributed by atoms with E-state index in [0.29, 0.717) is 4.75 Å². The summed E-state index contributed by atoms with van der Waals surface area (Å²) in [6, 6.07) is 0. The Morgan fingerprint density at radius 3 is 1.23 bits per heavy atom. The summed E-state index contributed by atoms with van der Waals surface area (Å²) in [6.45, 7) is 11.9. The van der Waals surface area contributed by atoms with Crippen LogP contribution in [0.25, 0.3) is 0 Å². The van der Waals surface area contributed by atoms with Gasteiger partial charge in [0.1, 0.15) is 0 Å². The fraction of sp³-hybridized carbons (Fsp3) is 0.800. The van der Waals surface area contributed by atoms with E-state index in [2.05, 4.69) is 27.0 Å². The molecule has 0 aromatic rings. The van der Waals surface area contributed by atoms with Crippen molar-refractivity contribution in [3.8, 4) is 0 Å². The number of hydrogen-bond acceptors (Lipinski definition) is 2. The molecule has 0 unspecified atom stereocenters. The largest absolute Gasteiger partial charge is 2.00 e. The molecule has 0 saturated heterocycles. The first-order chi connectivity index (χ1) is 5.12. The third kappa shape index (κ3) is 32.2. The molecule has 0 amide bonds. The molecule has 76 valence electrons. The minimum absolute atomic E-state index is 0. The molecule has 0 radical (unpaired) electrons. The van der Waals surface area contributed by atoms with Crippen molar-refractivity contribution in [2.24, 2.45) is 5.41 Å². The van der Waals surface area contributed by atoms with Crippen molar-refractivity contribution >= 4 is 18.0 Å². The van der Waals surface area contributed by atoms with Crippen molar-refractivity contribution in [3.63, 3.8) is 0 Å². The Bertz CT molecular complexity index is 122. The van der Waals surface area contributed by atoms with Crippen molar-refractivity contribution in [2.45, 2.75) is 46.3 Å². The molecule has 3 heteroatoms. The van der Waals surface area contributed by atoms with Gasteiger partial charge in [-0.3, -0.25) is 12.5 Å². The zero-order valence-electron chi connectivity index (χ0n) is 9.52. The van der Waals surface area contributed by atoms with Crippen LogP contribution in [-0.2, 0) is 31.0 Å². The quantitative estimate of drug-likeness (QED) is 0.632. The van der Waals surface area contributed by atoms with E-state index < -0.39 is 0 Å². The summed E-state index contributed by atoms with van der Waals surface area (Å²) in [5, 5.41) is 0. The maximum Gasteiger partial charge on any atom is 2.00 e. The molecule has 0 N–H and O–H groups in total. The number of thioether (sulfide) groups is 1. The standard InChI is InChI=1S/C5H9O.C5H11S.Zr/c1-5(2,3)4-6;1-5(2,3)6-4;/h1-3H3;4H2,1-3H3;/q2*-1;+2. The molecule has 0 aliphatic carbocycles. The van der Waals surface area contributed by atoms with Crippen molar-refractivity contribution in [3.05, 3.63) is 6.26 Å². The van der Waals surface area contributed by atoms with Crippen molar-refractivity contribution in [1.82, 2.24) is 0 Å². The SMILES string of the molecule is CC(C)(C)[C-]=O.[CH2-]SC(C)(C)C.[Zr+2]. The van der Waals surface area contributed by atoms with Crippen LogP contribution in [0, 0.1) is 11.7 Å². The Morgan fingerprint density at radius 2 is 1.23 bits per heavy atom. The summed E-state index contributed by atoms with van der Waals surface area (Å²) < 4.78 is 0.347. The Kier molecular flexibility index (Phi) is 12.3. The first-order valence-corrected chi connectivity index (χ1v) is 4.93. The molecule has 0 aliphatic heterocycles. The third-order valence-corrected chi connectivity index (χ3v) is 1.61. The van der Waals surface area contributed by atoms with Gasteiger partial charge in [0.15, 0.2) is 0 Å². The molecular weight excluding hydrogens is 259 g/mol. The third-order valence-electron chi connectivity index (χ3n) is 0.739. The van der Waals surface area contributed by atoms with E-state index in [1.165, 1.54) is 0 Å². The predicted molar refractivity (Wildman–Crippen MR) is 57.8 cm³/mol. The van der Waals surface area contributed by atoms with E-state index in [9.17, 15) is 4.79 Å². The summed E-state index contributed by atoms with van der Waals surface area (Å²) in [6.07, 6.45) is 5.53. The Hall–Kier alpha value is 0.903. The van der Waals surface area contributed by atoms with Gasteiger partial charge in [0.25, 0.3) is 0 Å². The maximum absolute atomic E-state index is 9.70. The van der Waals surface area contributed by atoms with Gasteiger partial charge in [-0.15, -0.1) is 5.41 Å². The summed E-state index contributed by atoms with van der Waals surface area (Å²) >= 11 is 1.63. The molecule has 0 atom stereocenters. The van der Waals surface area contributed by atoms with Gasteiger partial charge < -0.3 is 16.6 Å². The van der Waals surface area contributed by atoms with Crippen LogP contribution in [-0.4, -0.2) is 11.0 Å². The van der Waals surface area contributed by atoms with Crippen LogP contribution in [0.1, 0.15) is 41.5 Å². The van der Waals surface area contributed by atoms with Gasteiger partial charge in [0.05, 0.1) is 0 Å². The monoisotopic (exact) mass is 278 g/mol. The van der Waals surface area contributed by atoms with Gasteiger partial charge in [-0.2, -0.15) is 0 Å². The van der Waals surface area contributed by atoms with Gasteiger partial charge in [-0.25, -0.2) is 0 Å². The molecule has 0 spiro atoms. The van der Waals surface area contributed by atoms with Crippen LogP contribution in [0.5, 0.6) is 0 Å². The van der Waals surface area contributed by atoms with Gasteiger partial charge in [-0.1, -0.05) is 41.5 Å². The van der Waals surface area contributed by atoms with Crippen molar-refractivity contribution < 1.29 is 31.0 Å². The minimum atomic E-state index is -0.264. The summed E-state index contributed by atoms with van der Waals surface area (Å²) in [7, 11) is 0. The molecule has 1 nitrogen and oxygen atoms in total. The fourth-order valence-corrected chi connectivity index (χ4v) is 0. The molecule has 0 aromatic carbocycles. The molecule has 0 bridgehead atoms. The number of carbonyl (C=O) groups excluding carboxylic acids is 1. The van der Waals surface area contributed by atoms with Crippen LogP contribution in [0.4, 0.5) is 0 Å². The van der Waals surface area contributed by atoms with Crippen LogP contribution in [0.15, 0.2) is 0 Å². The maximum atomic E-state index is 9.70. The molecule has 0 fully saturated rings. The molecule has 0 rings (SSSR count). The summed E-state index contributed by atoms with van der Waals surface area (Å²) in [5.41, 5.74) is -0.264. The van der Waals surface area contributed by atoms with Gasteiger partial charge >= 0.3 is 26.2 Å². The van der Waals surface area contributed by atoms with E-state index in [1.807, 2.05) is 27.1 Å². The van der Waals surface area contributed by atoms with E-state index >= 15 is 0 Å². The topological polar surface area (TPSA) is 17.1 Å². The second-order valence-corrected chi connectivity index (χ2v) is 6.12. The molecule has 13 heavy (non-hydrogen) atoms. The second-order valence-electron chi connectivity index (χ2n) is 4.61. The van der Waals surface area contributed by atoms with Gasteiger partial charge in [0.2, 0.25) is 0 Å². The first-order valence-electron chi connectivity index (χ1n) is 3.95. The van der Waals surface area contributed by atoms with Crippen LogP contribution >= 0.6 is 11.8 Å². The van der Waals surface area contributed by atoms with Crippen molar-refractivity contribution in [2.75, 3.05) is 0 Å². The van der Waals surface area contributed by atoms with E-state index in [-0.39, 0.29) is 31.6 Å². The Balaban J connectivity index is -0.000000143.